The highest BCUT2D eigenvalue weighted by Gasteiger charge is 2.29. The highest BCUT2D eigenvalue weighted by molar-refractivity contribution is 5.73. The molecule has 4 N–H and O–H groups in total. The fraction of sp³-hybridized carbons (Fsp3) is 0.750. The first-order valence-electron chi connectivity index (χ1n) is 4.53. The highest BCUT2D eigenvalue weighted by Crippen LogP contribution is 2.12. The van der Waals surface area contributed by atoms with Gasteiger partial charge in [-0.15, -0.1) is 0 Å². The number of nitrogens with zero attached hydrogens (tertiary/aromatic N) is 1. The third kappa shape index (κ3) is 2.59. The van der Waals surface area contributed by atoms with Gasteiger partial charge in [-0.05, 0) is 13.3 Å². The molecule has 6 nitrogen and oxygen atoms in total. The molecule has 1 aliphatic rings. The standard InChI is InChI=1S/C8H15N3O3/c1-5(7(12)13)11-3-2-6(4-11)10-8(9)14/h5-6H,2-4H2,1H3,(H,12,13)(H3,9,10,14). The first kappa shape index (κ1) is 10.8. The monoisotopic (exact) mass is 201 g/mol. The Labute approximate surface area is 82.1 Å². The molecule has 0 aliphatic carbocycles. The molecule has 1 aliphatic heterocycles. The average Bonchev–Trinajstić information content (AvgIpc) is 2.50. The van der Waals surface area contributed by atoms with Gasteiger partial charge >= 0.3 is 12.0 Å². The van der Waals surface area contributed by atoms with Gasteiger partial charge in [0.25, 0.3) is 0 Å². The minimum absolute atomic E-state index is 0.0192. The van der Waals surface area contributed by atoms with Crippen molar-refractivity contribution in [2.24, 2.45) is 5.73 Å². The van der Waals surface area contributed by atoms with Crippen molar-refractivity contribution in [3.05, 3.63) is 0 Å². The van der Waals surface area contributed by atoms with E-state index in [0.29, 0.717) is 13.1 Å². The molecule has 0 saturated carbocycles. The van der Waals surface area contributed by atoms with E-state index in [1.807, 2.05) is 4.90 Å². The van der Waals surface area contributed by atoms with Crippen molar-refractivity contribution in [1.82, 2.24) is 10.2 Å². The molecule has 2 unspecified atom stereocenters. The number of nitrogens with two attached hydrogens (primary N) is 1. The van der Waals surface area contributed by atoms with Crippen molar-refractivity contribution in [3.8, 4) is 0 Å². The smallest absolute Gasteiger partial charge is 0.320 e. The maximum atomic E-state index is 10.7. The number of aliphatic carboxylic acids is 1. The first-order chi connectivity index (χ1) is 6.50. The Morgan fingerprint density at radius 2 is 2.29 bits per heavy atom. The SMILES string of the molecule is CC(C(=O)O)N1CCC(NC(N)=O)C1. The van der Waals surface area contributed by atoms with E-state index in [0.717, 1.165) is 6.42 Å². The minimum Gasteiger partial charge on any atom is -0.480 e. The second-order valence-corrected chi connectivity index (χ2v) is 3.50. The molecule has 1 rings (SSSR count). The van der Waals surface area contributed by atoms with E-state index >= 15 is 0 Å². The summed E-state index contributed by atoms with van der Waals surface area (Å²) in [6.07, 6.45) is 0.751. The van der Waals surface area contributed by atoms with Gasteiger partial charge in [-0.3, -0.25) is 9.69 Å². The number of carbonyl (C=O) groups is 2. The molecule has 0 spiro atoms. The number of rotatable bonds is 3. The van der Waals surface area contributed by atoms with Crippen LogP contribution in [0.4, 0.5) is 4.79 Å². The molecule has 2 amide bonds. The topological polar surface area (TPSA) is 95.7 Å². The fourth-order valence-corrected chi connectivity index (χ4v) is 1.61. The molecule has 2 atom stereocenters. The summed E-state index contributed by atoms with van der Waals surface area (Å²) in [5, 5.41) is 11.3. The van der Waals surface area contributed by atoms with Gasteiger partial charge < -0.3 is 16.2 Å². The van der Waals surface area contributed by atoms with Crippen LogP contribution >= 0.6 is 0 Å². The summed E-state index contributed by atoms with van der Waals surface area (Å²) in [6, 6.07) is -1.08. The largest absolute Gasteiger partial charge is 0.480 e. The number of carboxylic acid groups (broad SMARTS) is 1. The van der Waals surface area contributed by atoms with E-state index < -0.39 is 18.0 Å². The Bertz CT molecular complexity index is 244. The quantitative estimate of drug-likeness (QED) is 0.557. The lowest BCUT2D eigenvalue weighted by Crippen LogP contribution is -2.43. The van der Waals surface area contributed by atoms with Crippen LogP contribution in [0.25, 0.3) is 0 Å². The van der Waals surface area contributed by atoms with Crippen LogP contribution in [-0.4, -0.2) is 47.2 Å². The number of urea groups is 1. The number of hydrogen-bond donors (Lipinski definition) is 3. The normalized spacial score (nSPS) is 24.5. The van der Waals surface area contributed by atoms with E-state index in [1.54, 1.807) is 6.92 Å². The Hall–Kier alpha value is -1.30. The third-order valence-electron chi connectivity index (χ3n) is 2.47. The van der Waals surface area contributed by atoms with Crippen LogP contribution in [0, 0.1) is 0 Å². The maximum absolute atomic E-state index is 10.7. The number of likely N-dealkylation sites (tertiary alicyclic amines) is 1. The molecule has 0 aromatic heterocycles. The number of amides is 2. The summed E-state index contributed by atoms with van der Waals surface area (Å²) in [4.78, 5) is 23.0. The zero-order chi connectivity index (χ0) is 10.7. The molecule has 0 radical (unpaired) electrons. The van der Waals surface area contributed by atoms with Crippen LogP contribution in [0.5, 0.6) is 0 Å². The van der Waals surface area contributed by atoms with Crippen molar-refractivity contribution < 1.29 is 14.7 Å². The highest BCUT2D eigenvalue weighted by atomic mass is 16.4. The lowest BCUT2D eigenvalue weighted by molar-refractivity contribution is -0.142. The van der Waals surface area contributed by atoms with Gasteiger partial charge in [0, 0.05) is 19.1 Å². The Kier molecular flexibility index (Phi) is 3.29. The summed E-state index contributed by atoms with van der Waals surface area (Å²) in [7, 11) is 0. The third-order valence-corrected chi connectivity index (χ3v) is 2.47. The molecular weight excluding hydrogens is 186 g/mol. The lowest BCUT2D eigenvalue weighted by atomic mass is 10.3. The van der Waals surface area contributed by atoms with E-state index in [9.17, 15) is 9.59 Å². The molecule has 0 aromatic carbocycles. The van der Waals surface area contributed by atoms with Crippen LogP contribution in [-0.2, 0) is 4.79 Å². The molecular formula is C8H15N3O3. The van der Waals surface area contributed by atoms with E-state index in [1.165, 1.54) is 0 Å². The van der Waals surface area contributed by atoms with Crippen molar-refractivity contribution in [2.75, 3.05) is 13.1 Å². The van der Waals surface area contributed by atoms with Crippen LogP contribution in [0.3, 0.4) is 0 Å². The molecule has 0 aromatic rings. The van der Waals surface area contributed by atoms with Crippen molar-refractivity contribution in [3.63, 3.8) is 0 Å². The maximum Gasteiger partial charge on any atom is 0.320 e. The van der Waals surface area contributed by atoms with Crippen molar-refractivity contribution in [2.45, 2.75) is 25.4 Å². The second-order valence-electron chi connectivity index (χ2n) is 3.50. The number of hydrogen-bond acceptors (Lipinski definition) is 3. The van der Waals surface area contributed by atoms with Crippen molar-refractivity contribution >= 4 is 12.0 Å². The molecule has 0 bridgehead atoms. The van der Waals surface area contributed by atoms with Crippen LogP contribution in [0.1, 0.15) is 13.3 Å². The molecule has 6 heteroatoms. The predicted molar refractivity (Wildman–Crippen MR) is 49.8 cm³/mol. The summed E-state index contributed by atoms with van der Waals surface area (Å²) >= 11 is 0. The summed E-state index contributed by atoms with van der Waals surface area (Å²) < 4.78 is 0. The Morgan fingerprint density at radius 1 is 1.64 bits per heavy atom. The van der Waals surface area contributed by atoms with Crippen LogP contribution < -0.4 is 11.1 Å². The molecule has 1 fully saturated rings. The molecule has 14 heavy (non-hydrogen) atoms. The molecule has 1 saturated heterocycles. The number of primary amides is 1. The summed E-state index contributed by atoms with van der Waals surface area (Å²) in [5.41, 5.74) is 4.97. The van der Waals surface area contributed by atoms with E-state index in [2.05, 4.69) is 5.32 Å². The Morgan fingerprint density at radius 3 is 2.79 bits per heavy atom. The number of carboxylic acids is 1. The Balaban J connectivity index is 2.41. The average molecular weight is 201 g/mol. The lowest BCUT2D eigenvalue weighted by Gasteiger charge is -2.20. The molecule has 80 valence electrons. The minimum atomic E-state index is -0.843. The zero-order valence-electron chi connectivity index (χ0n) is 8.06. The van der Waals surface area contributed by atoms with Crippen LogP contribution in [0.15, 0.2) is 0 Å². The van der Waals surface area contributed by atoms with Gasteiger partial charge in [0.05, 0.1) is 0 Å². The van der Waals surface area contributed by atoms with Gasteiger partial charge in [-0.25, -0.2) is 4.79 Å². The van der Waals surface area contributed by atoms with Gasteiger partial charge in [-0.2, -0.15) is 0 Å². The fourth-order valence-electron chi connectivity index (χ4n) is 1.61. The summed E-state index contributed by atoms with van der Waals surface area (Å²) in [5.74, 6) is -0.843. The van der Waals surface area contributed by atoms with E-state index in [-0.39, 0.29) is 6.04 Å². The number of carbonyl (C=O) groups excluding carboxylic acids is 1. The van der Waals surface area contributed by atoms with Gasteiger partial charge in [0.2, 0.25) is 0 Å². The van der Waals surface area contributed by atoms with Gasteiger partial charge in [-0.1, -0.05) is 0 Å². The van der Waals surface area contributed by atoms with Crippen molar-refractivity contribution in [1.29, 1.82) is 0 Å². The second kappa shape index (κ2) is 4.28. The zero-order valence-corrected chi connectivity index (χ0v) is 8.06. The first-order valence-corrected chi connectivity index (χ1v) is 4.53. The van der Waals surface area contributed by atoms with E-state index in [4.69, 9.17) is 10.8 Å². The van der Waals surface area contributed by atoms with Crippen LogP contribution in [0.2, 0.25) is 0 Å². The predicted octanol–water partition coefficient (Wildman–Crippen LogP) is -0.798. The molecule has 1 heterocycles. The van der Waals surface area contributed by atoms with Gasteiger partial charge in [0.15, 0.2) is 0 Å². The number of nitrogens with one attached hydrogen (secondary N) is 1. The van der Waals surface area contributed by atoms with Gasteiger partial charge in [0.1, 0.15) is 6.04 Å². The summed E-state index contributed by atoms with van der Waals surface area (Å²) in [6.45, 7) is 2.86.